The number of nitrogens with one attached hydrogen (secondary N) is 1. The van der Waals surface area contributed by atoms with E-state index in [-0.39, 0.29) is 0 Å². The predicted octanol–water partition coefficient (Wildman–Crippen LogP) is 3.33. The molecule has 124 valence electrons. The van der Waals surface area contributed by atoms with Crippen molar-refractivity contribution in [3.8, 4) is 0 Å². The average Bonchev–Trinajstić information content (AvgIpc) is 3.17. The van der Waals surface area contributed by atoms with Crippen LogP contribution >= 0.6 is 0 Å². The van der Waals surface area contributed by atoms with Gasteiger partial charge in [0, 0.05) is 54.5 Å². The van der Waals surface area contributed by atoms with Gasteiger partial charge in [-0.05, 0) is 49.9 Å². The highest BCUT2D eigenvalue weighted by Crippen LogP contribution is 2.44. The number of rotatable bonds is 2. The van der Waals surface area contributed by atoms with Crippen LogP contribution in [0, 0.1) is 12.8 Å². The molecule has 5 rings (SSSR count). The van der Waals surface area contributed by atoms with Crippen LogP contribution in [0.3, 0.4) is 0 Å². The minimum absolute atomic E-state index is 0.638. The van der Waals surface area contributed by atoms with Crippen LogP contribution in [0.1, 0.15) is 29.3 Å². The molecule has 3 atom stereocenters. The highest BCUT2D eigenvalue weighted by atomic mass is 15.2. The lowest BCUT2D eigenvalue weighted by molar-refractivity contribution is 0.103. The summed E-state index contributed by atoms with van der Waals surface area (Å²) >= 11 is 0. The maximum atomic E-state index is 4.38. The average molecular weight is 320 g/mol. The van der Waals surface area contributed by atoms with Crippen molar-refractivity contribution in [3.63, 3.8) is 0 Å². The van der Waals surface area contributed by atoms with Crippen molar-refractivity contribution < 1.29 is 0 Å². The van der Waals surface area contributed by atoms with Gasteiger partial charge in [-0.3, -0.25) is 0 Å². The second kappa shape index (κ2) is 5.21. The molecule has 0 radical (unpaired) electrons. The summed E-state index contributed by atoms with van der Waals surface area (Å²) in [6.45, 7) is 4.35. The molecule has 1 fully saturated rings. The zero-order valence-electron chi connectivity index (χ0n) is 14.4. The highest BCUT2D eigenvalue weighted by Gasteiger charge is 2.39. The Morgan fingerprint density at radius 3 is 3.08 bits per heavy atom. The van der Waals surface area contributed by atoms with Crippen molar-refractivity contribution in [2.45, 2.75) is 38.3 Å². The van der Waals surface area contributed by atoms with Crippen LogP contribution in [0.4, 0.5) is 0 Å². The molecule has 1 aliphatic carbocycles. The van der Waals surface area contributed by atoms with Crippen LogP contribution in [0.25, 0.3) is 10.9 Å². The van der Waals surface area contributed by atoms with E-state index in [1.54, 1.807) is 5.56 Å². The lowest BCUT2D eigenvalue weighted by Gasteiger charge is -2.45. The van der Waals surface area contributed by atoms with Crippen molar-refractivity contribution in [1.82, 2.24) is 19.4 Å². The molecule has 4 heteroatoms. The van der Waals surface area contributed by atoms with Crippen LogP contribution in [0.15, 0.2) is 36.8 Å². The van der Waals surface area contributed by atoms with Gasteiger partial charge in [0.2, 0.25) is 0 Å². The summed E-state index contributed by atoms with van der Waals surface area (Å²) in [4.78, 5) is 10.4. The van der Waals surface area contributed by atoms with Crippen LogP contribution < -0.4 is 0 Å². The zero-order valence-corrected chi connectivity index (χ0v) is 14.4. The Kier molecular flexibility index (Phi) is 3.10. The minimum Gasteiger partial charge on any atom is -0.361 e. The lowest BCUT2D eigenvalue weighted by atomic mass is 9.72. The molecular weight excluding hydrogens is 296 g/mol. The van der Waals surface area contributed by atoms with Crippen molar-refractivity contribution in [1.29, 1.82) is 0 Å². The third kappa shape index (κ3) is 2.06. The van der Waals surface area contributed by atoms with Gasteiger partial charge in [-0.15, -0.1) is 0 Å². The number of aromatic amines is 1. The first kappa shape index (κ1) is 14.3. The molecule has 3 aromatic rings. The SMILES string of the molecule is Cc1nccn1C[C@H]1CC2c3cccc4[nH]cc(c34)C[C@H]2N(C)C1. The number of likely N-dealkylation sites (tertiary alicyclic amines) is 1. The quantitative estimate of drug-likeness (QED) is 0.786. The van der Waals surface area contributed by atoms with Crippen LogP contribution in [0.2, 0.25) is 0 Å². The number of fused-ring (bicyclic) bond motifs is 2. The predicted molar refractivity (Wildman–Crippen MR) is 96.2 cm³/mol. The molecule has 0 bridgehead atoms. The number of nitrogens with zero attached hydrogens (tertiary/aromatic N) is 3. The van der Waals surface area contributed by atoms with Gasteiger partial charge in [0.1, 0.15) is 5.82 Å². The molecule has 1 N–H and O–H groups in total. The van der Waals surface area contributed by atoms with Crippen LogP contribution in [0.5, 0.6) is 0 Å². The molecule has 1 aromatic carbocycles. The zero-order chi connectivity index (χ0) is 16.3. The fourth-order valence-electron chi connectivity index (χ4n) is 5.06. The monoisotopic (exact) mass is 320 g/mol. The fourth-order valence-corrected chi connectivity index (χ4v) is 5.06. The number of piperidine rings is 1. The van der Waals surface area contributed by atoms with Gasteiger partial charge in [0.25, 0.3) is 0 Å². The molecule has 0 saturated carbocycles. The fraction of sp³-hybridized carbons (Fsp3) is 0.450. The molecule has 2 aromatic heterocycles. The van der Waals surface area contributed by atoms with Crippen molar-refractivity contribution in [2.75, 3.05) is 13.6 Å². The summed E-state index contributed by atoms with van der Waals surface area (Å²) in [7, 11) is 2.31. The Labute approximate surface area is 142 Å². The van der Waals surface area contributed by atoms with E-state index in [0.717, 1.165) is 12.4 Å². The number of hydrogen-bond acceptors (Lipinski definition) is 2. The lowest BCUT2D eigenvalue weighted by Crippen LogP contribution is -2.48. The van der Waals surface area contributed by atoms with E-state index in [4.69, 9.17) is 0 Å². The maximum Gasteiger partial charge on any atom is 0.105 e. The summed E-state index contributed by atoms with van der Waals surface area (Å²) in [6, 6.07) is 7.42. The van der Waals surface area contributed by atoms with E-state index in [2.05, 4.69) is 64.0 Å². The van der Waals surface area contributed by atoms with Crippen molar-refractivity contribution in [2.24, 2.45) is 5.92 Å². The molecule has 0 amide bonds. The van der Waals surface area contributed by atoms with Gasteiger partial charge in [-0.2, -0.15) is 0 Å². The summed E-state index contributed by atoms with van der Waals surface area (Å²) in [6.07, 6.45) is 8.70. The first-order valence-corrected chi connectivity index (χ1v) is 8.97. The van der Waals surface area contributed by atoms with E-state index in [1.807, 2.05) is 6.20 Å². The van der Waals surface area contributed by atoms with Gasteiger partial charge in [0.15, 0.2) is 0 Å². The van der Waals surface area contributed by atoms with E-state index < -0.39 is 0 Å². The number of hydrogen-bond donors (Lipinski definition) is 1. The molecule has 24 heavy (non-hydrogen) atoms. The number of likely N-dealkylation sites (N-methyl/N-ethyl adjacent to an activating group) is 1. The Morgan fingerprint density at radius 2 is 2.25 bits per heavy atom. The first-order chi connectivity index (χ1) is 11.7. The number of aryl methyl sites for hydroxylation is 1. The number of imidazole rings is 1. The van der Waals surface area contributed by atoms with Crippen molar-refractivity contribution >= 4 is 10.9 Å². The molecule has 1 saturated heterocycles. The minimum atomic E-state index is 0.638. The Bertz CT molecular complexity index is 890. The number of benzene rings is 1. The van der Waals surface area contributed by atoms with Gasteiger partial charge in [-0.1, -0.05) is 12.1 Å². The first-order valence-electron chi connectivity index (χ1n) is 8.97. The largest absolute Gasteiger partial charge is 0.361 e. The van der Waals surface area contributed by atoms with Gasteiger partial charge in [0.05, 0.1) is 0 Å². The van der Waals surface area contributed by atoms with E-state index in [0.29, 0.717) is 17.9 Å². The molecule has 1 unspecified atom stereocenters. The Hall–Kier alpha value is -2.07. The summed E-state index contributed by atoms with van der Waals surface area (Å²) in [5.41, 5.74) is 4.35. The van der Waals surface area contributed by atoms with E-state index >= 15 is 0 Å². The molecule has 1 aliphatic heterocycles. The molecule has 3 heterocycles. The summed E-state index contributed by atoms with van der Waals surface area (Å²) in [5.74, 6) is 2.45. The van der Waals surface area contributed by atoms with Crippen molar-refractivity contribution in [3.05, 3.63) is 53.7 Å². The molecular formula is C20H24N4. The van der Waals surface area contributed by atoms with Gasteiger partial charge in [-0.25, -0.2) is 4.98 Å². The Balaban J connectivity index is 1.50. The summed E-state index contributed by atoms with van der Waals surface area (Å²) in [5, 5.41) is 1.49. The number of H-pyrrole nitrogens is 1. The molecule has 4 nitrogen and oxygen atoms in total. The third-order valence-electron chi connectivity index (χ3n) is 6.19. The second-order valence-electron chi connectivity index (χ2n) is 7.63. The van der Waals surface area contributed by atoms with E-state index in [9.17, 15) is 0 Å². The van der Waals surface area contributed by atoms with Crippen LogP contribution in [-0.4, -0.2) is 39.1 Å². The van der Waals surface area contributed by atoms with Gasteiger partial charge >= 0.3 is 0 Å². The second-order valence-corrected chi connectivity index (χ2v) is 7.63. The molecule has 2 aliphatic rings. The van der Waals surface area contributed by atoms with E-state index in [1.165, 1.54) is 35.9 Å². The highest BCUT2D eigenvalue weighted by molar-refractivity contribution is 5.88. The third-order valence-corrected chi connectivity index (χ3v) is 6.19. The van der Waals surface area contributed by atoms with Gasteiger partial charge < -0.3 is 14.5 Å². The number of aromatic nitrogens is 3. The maximum absolute atomic E-state index is 4.38. The Morgan fingerprint density at radius 1 is 1.33 bits per heavy atom. The standard InChI is InChI=1S/C20H24N4/c1-13-21-6-7-24(13)12-14-8-17-16-4-3-5-18-20(16)15(10-22-18)9-19(17)23(2)11-14/h3-7,10,14,17,19,22H,8-9,11-12H2,1-2H3/t14-,17?,19+/m0/s1. The molecule has 0 spiro atoms. The van der Waals surface area contributed by atoms with Crippen LogP contribution in [-0.2, 0) is 13.0 Å². The smallest absolute Gasteiger partial charge is 0.105 e. The summed E-state index contributed by atoms with van der Waals surface area (Å²) < 4.78 is 2.31. The normalized spacial score (nSPS) is 26.7. The topological polar surface area (TPSA) is 36.9 Å².